The van der Waals surface area contributed by atoms with Crippen molar-refractivity contribution in [2.45, 2.75) is 33.2 Å². The van der Waals surface area contributed by atoms with Gasteiger partial charge in [0.2, 0.25) is 10.0 Å². The molecule has 1 aromatic carbocycles. The number of hydrogen-bond donors (Lipinski definition) is 1. The van der Waals surface area contributed by atoms with Gasteiger partial charge in [-0.1, -0.05) is 30.3 Å². The quantitative estimate of drug-likeness (QED) is 0.883. The molecule has 5 nitrogen and oxygen atoms in total. The Morgan fingerprint density at radius 2 is 1.91 bits per heavy atom. The van der Waals surface area contributed by atoms with Gasteiger partial charge in [0.05, 0.1) is 5.69 Å². The topological polar surface area (TPSA) is 64.0 Å². The zero-order chi connectivity index (χ0) is 17.0. The third kappa shape index (κ3) is 4.77. The van der Waals surface area contributed by atoms with Crippen molar-refractivity contribution in [1.29, 1.82) is 0 Å². The predicted molar refractivity (Wildman–Crippen MR) is 93.4 cm³/mol. The Labute approximate surface area is 138 Å². The summed E-state index contributed by atoms with van der Waals surface area (Å²) in [6.07, 6.45) is 2.21. The van der Waals surface area contributed by atoms with E-state index in [0.717, 1.165) is 22.5 Å². The van der Waals surface area contributed by atoms with Gasteiger partial charge in [-0.3, -0.25) is 4.68 Å². The van der Waals surface area contributed by atoms with E-state index in [4.69, 9.17) is 0 Å². The average molecular weight is 333 g/mol. The molecule has 0 radical (unpaired) electrons. The van der Waals surface area contributed by atoms with Gasteiger partial charge in [0.25, 0.3) is 0 Å². The second-order valence-corrected chi connectivity index (χ2v) is 7.35. The fraction of sp³-hybridized carbons (Fsp3) is 0.353. The molecule has 124 valence electrons. The lowest BCUT2D eigenvalue weighted by Crippen LogP contribution is -2.32. The number of benzene rings is 1. The maximum absolute atomic E-state index is 12.2. The summed E-state index contributed by atoms with van der Waals surface area (Å²) in [6, 6.07) is 9.15. The molecule has 0 spiro atoms. The molecule has 0 saturated carbocycles. The van der Waals surface area contributed by atoms with E-state index in [-0.39, 0.29) is 6.04 Å². The molecule has 2 aromatic rings. The molecule has 23 heavy (non-hydrogen) atoms. The van der Waals surface area contributed by atoms with Gasteiger partial charge in [0.15, 0.2) is 0 Å². The van der Waals surface area contributed by atoms with Crippen molar-refractivity contribution in [2.24, 2.45) is 7.05 Å². The van der Waals surface area contributed by atoms with E-state index in [1.165, 1.54) is 5.41 Å². The highest BCUT2D eigenvalue weighted by atomic mass is 32.2. The summed E-state index contributed by atoms with van der Waals surface area (Å²) in [5.74, 6) is 0. The monoisotopic (exact) mass is 333 g/mol. The van der Waals surface area contributed by atoms with Crippen LogP contribution in [0, 0.1) is 13.8 Å². The molecule has 1 unspecified atom stereocenters. The van der Waals surface area contributed by atoms with Crippen molar-refractivity contribution < 1.29 is 8.42 Å². The molecule has 0 aliphatic carbocycles. The molecule has 1 aromatic heterocycles. The molecular weight excluding hydrogens is 310 g/mol. The fourth-order valence-corrected chi connectivity index (χ4v) is 3.57. The molecule has 0 aliphatic heterocycles. The van der Waals surface area contributed by atoms with Crippen LogP contribution in [0.2, 0.25) is 0 Å². The van der Waals surface area contributed by atoms with Gasteiger partial charge in [-0.15, -0.1) is 0 Å². The predicted octanol–water partition coefficient (Wildman–Crippen LogP) is 2.56. The van der Waals surface area contributed by atoms with E-state index < -0.39 is 10.0 Å². The summed E-state index contributed by atoms with van der Waals surface area (Å²) >= 11 is 0. The van der Waals surface area contributed by atoms with E-state index in [1.54, 1.807) is 6.08 Å². The molecule has 0 aliphatic rings. The average Bonchev–Trinajstić information content (AvgIpc) is 2.72. The van der Waals surface area contributed by atoms with Crippen molar-refractivity contribution in [3.8, 4) is 0 Å². The van der Waals surface area contributed by atoms with Crippen LogP contribution in [0.3, 0.4) is 0 Å². The lowest BCUT2D eigenvalue weighted by Gasteiger charge is -2.12. The third-order valence-corrected chi connectivity index (χ3v) is 5.00. The minimum Gasteiger partial charge on any atom is -0.272 e. The normalized spacial score (nSPS) is 13.6. The minimum atomic E-state index is -3.48. The number of nitrogens with one attached hydrogen (secondary N) is 1. The molecular formula is C17H23N3O2S. The van der Waals surface area contributed by atoms with Gasteiger partial charge < -0.3 is 0 Å². The van der Waals surface area contributed by atoms with Crippen molar-refractivity contribution in [3.05, 3.63) is 58.3 Å². The van der Waals surface area contributed by atoms with Crippen molar-refractivity contribution >= 4 is 16.1 Å². The first-order chi connectivity index (χ1) is 10.8. The third-order valence-electron chi connectivity index (χ3n) is 3.77. The largest absolute Gasteiger partial charge is 0.272 e. The van der Waals surface area contributed by atoms with Crippen molar-refractivity contribution in [2.75, 3.05) is 0 Å². The van der Waals surface area contributed by atoms with Crippen LogP contribution in [-0.2, 0) is 23.5 Å². The van der Waals surface area contributed by atoms with E-state index in [9.17, 15) is 8.42 Å². The molecule has 2 rings (SSSR count). The summed E-state index contributed by atoms with van der Waals surface area (Å²) in [5.41, 5.74) is 3.95. The maximum Gasteiger partial charge on any atom is 0.233 e. The Morgan fingerprint density at radius 3 is 2.48 bits per heavy atom. The smallest absolute Gasteiger partial charge is 0.233 e. The Morgan fingerprint density at radius 1 is 1.26 bits per heavy atom. The van der Waals surface area contributed by atoms with Crippen LogP contribution in [-0.4, -0.2) is 24.2 Å². The molecule has 1 atom stereocenters. The maximum atomic E-state index is 12.2. The van der Waals surface area contributed by atoms with Gasteiger partial charge >= 0.3 is 0 Å². The molecule has 0 bridgehead atoms. The SMILES string of the molecule is Cc1nn(C)c(C)c1CC(C)NS(=O)(=O)C=Cc1ccccc1. The van der Waals surface area contributed by atoms with E-state index in [2.05, 4.69) is 9.82 Å². The molecule has 1 N–H and O–H groups in total. The standard InChI is InChI=1S/C17H23N3O2S/c1-13(12-17-14(2)18-20(4)15(17)3)19-23(21,22)11-10-16-8-6-5-7-9-16/h5-11,13,19H,12H2,1-4H3. The molecule has 1 heterocycles. The Bertz CT molecular complexity index is 793. The van der Waals surface area contributed by atoms with Gasteiger partial charge in [0.1, 0.15) is 0 Å². The first kappa shape index (κ1) is 17.4. The Balaban J connectivity index is 2.04. The number of aryl methyl sites for hydroxylation is 2. The summed E-state index contributed by atoms with van der Waals surface area (Å²) in [6.45, 7) is 5.80. The minimum absolute atomic E-state index is 0.206. The Hall–Kier alpha value is -1.92. The van der Waals surface area contributed by atoms with Crippen LogP contribution in [0.1, 0.15) is 29.4 Å². The second kappa shape index (κ2) is 7.10. The van der Waals surface area contributed by atoms with E-state index >= 15 is 0 Å². The first-order valence-electron chi connectivity index (χ1n) is 7.53. The summed E-state index contributed by atoms with van der Waals surface area (Å²) in [7, 11) is -1.58. The van der Waals surface area contributed by atoms with Gasteiger partial charge in [0, 0.05) is 24.2 Å². The second-order valence-electron chi connectivity index (χ2n) is 5.75. The van der Waals surface area contributed by atoms with Crippen LogP contribution in [0.4, 0.5) is 0 Å². The molecule has 0 amide bonds. The lowest BCUT2D eigenvalue weighted by atomic mass is 10.1. The summed E-state index contributed by atoms with van der Waals surface area (Å²) in [4.78, 5) is 0. The van der Waals surface area contributed by atoms with Crippen LogP contribution in [0.15, 0.2) is 35.7 Å². The fourth-order valence-electron chi connectivity index (χ4n) is 2.51. The van der Waals surface area contributed by atoms with E-state index in [0.29, 0.717) is 6.42 Å². The van der Waals surface area contributed by atoms with Crippen LogP contribution in [0.25, 0.3) is 6.08 Å². The highest BCUT2D eigenvalue weighted by molar-refractivity contribution is 7.92. The number of aromatic nitrogens is 2. The molecule has 0 saturated heterocycles. The number of rotatable bonds is 6. The zero-order valence-corrected chi connectivity index (χ0v) is 14.8. The van der Waals surface area contributed by atoms with Crippen LogP contribution < -0.4 is 4.72 Å². The van der Waals surface area contributed by atoms with Crippen LogP contribution >= 0.6 is 0 Å². The number of sulfonamides is 1. The summed E-state index contributed by atoms with van der Waals surface area (Å²) in [5, 5.41) is 5.57. The molecule has 6 heteroatoms. The van der Waals surface area contributed by atoms with E-state index in [1.807, 2.05) is 62.8 Å². The number of nitrogens with zero attached hydrogens (tertiary/aromatic N) is 2. The van der Waals surface area contributed by atoms with Crippen LogP contribution in [0.5, 0.6) is 0 Å². The van der Waals surface area contributed by atoms with Gasteiger partial charge in [-0.05, 0) is 44.4 Å². The van der Waals surface area contributed by atoms with Gasteiger partial charge in [-0.25, -0.2) is 13.1 Å². The highest BCUT2D eigenvalue weighted by Gasteiger charge is 2.16. The number of hydrogen-bond acceptors (Lipinski definition) is 3. The molecule has 0 fully saturated rings. The zero-order valence-electron chi connectivity index (χ0n) is 13.9. The van der Waals surface area contributed by atoms with Crippen molar-refractivity contribution in [3.63, 3.8) is 0 Å². The lowest BCUT2D eigenvalue weighted by molar-refractivity contribution is 0.568. The van der Waals surface area contributed by atoms with Crippen molar-refractivity contribution in [1.82, 2.24) is 14.5 Å². The highest BCUT2D eigenvalue weighted by Crippen LogP contribution is 2.14. The summed E-state index contributed by atoms with van der Waals surface area (Å²) < 4.78 is 28.8. The first-order valence-corrected chi connectivity index (χ1v) is 9.07. The van der Waals surface area contributed by atoms with Gasteiger partial charge in [-0.2, -0.15) is 5.10 Å². The Kier molecular flexibility index (Phi) is 5.38.